The third-order valence-corrected chi connectivity index (χ3v) is 5.95. The van der Waals surface area contributed by atoms with E-state index in [9.17, 15) is 4.79 Å². The molecule has 31 heavy (non-hydrogen) atoms. The number of esters is 1. The molecule has 0 amide bonds. The highest BCUT2D eigenvalue weighted by atomic mass is 32.1. The molecule has 1 aliphatic rings. The van der Waals surface area contributed by atoms with Crippen LogP contribution in [-0.4, -0.2) is 39.2 Å². The highest BCUT2D eigenvalue weighted by Crippen LogP contribution is 2.40. The summed E-state index contributed by atoms with van der Waals surface area (Å²) < 4.78 is 7.07. The van der Waals surface area contributed by atoms with Crippen molar-refractivity contribution in [3.63, 3.8) is 0 Å². The Hall–Kier alpha value is -3.19. The summed E-state index contributed by atoms with van der Waals surface area (Å²) in [5, 5.41) is 4.21. The number of unbranched alkanes of at least 4 members (excludes halogenated alkanes) is 1. The number of hydrogen-bond donors (Lipinski definition) is 1. The van der Waals surface area contributed by atoms with Gasteiger partial charge in [0.2, 0.25) is 0 Å². The smallest absolute Gasteiger partial charge is 0.339 e. The fourth-order valence-electron chi connectivity index (χ4n) is 4.12. The Kier molecular flexibility index (Phi) is 6.32. The third kappa shape index (κ3) is 4.05. The summed E-state index contributed by atoms with van der Waals surface area (Å²) >= 11 is 5.73. The van der Waals surface area contributed by atoms with Gasteiger partial charge in [-0.15, -0.1) is 0 Å². The Balaban J connectivity index is 1.83. The zero-order chi connectivity index (χ0) is 21.8. The second kappa shape index (κ2) is 9.31. The van der Waals surface area contributed by atoms with Crippen molar-refractivity contribution in [3.8, 4) is 5.69 Å². The highest BCUT2D eigenvalue weighted by molar-refractivity contribution is 7.80. The Morgan fingerprint density at radius 3 is 2.71 bits per heavy atom. The average Bonchev–Trinajstić information content (AvgIpc) is 3.41. The lowest BCUT2D eigenvalue weighted by Gasteiger charge is -2.29. The van der Waals surface area contributed by atoms with Crippen molar-refractivity contribution in [2.24, 2.45) is 0 Å². The molecule has 1 fully saturated rings. The molecule has 0 radical (unpaired) electrons. The fourth-order valence-corrected chi connectivity index (χ4v) is 4.45. The minimum atomic E-state index is -0.362. The molecule has 1 aromatic carbocycles. The molecule has 0 spiro atoms. The molecule has 0 bridgehead atoms. The lowest BCUT2D eigenvalue weighted by molar-refractivity contribution is 0.0600. The van der Waals surface area contributed by atoms with E-state index in [4.69, 9.17) is 17.0 Å². The van der Waals surface area contributed by atoms with Gasteiger partial charge in [-0.25, -0.2) is 4.79 Å². The quantitative estimate of drug-likeness (QED) is 0.438. The topological polar surface area (TPSA) is 59.4 Å². The van der Waals surface area contributed by atoms with Crippen LogP contribution in [0.1, 0.15) is 53.6 Å². The summed E-state index contributed by atoms with van der Waals surface area (Å²) in [5.41, 5.74) is 3.27. The van der Waals surface area contributed by atoms with Crippen LogP contribution in [0.15, 0.2) is 67.0 Å². The lowest BCUT2D eigenvalue weighted by Crippen LogP contribution is -2.31. The molecular weight excluding hydrogens is 408 g/mol. The van der Waals surface area contributed by atoms with Gasteiger partial charge < -0.3 is 19.5 Å². The van der Waals surface area contributed by atoms with Crippen LogP contribution in [0.3, 0.4) is 0 Å². The predicted molar refractivity (Wildman–Crippen MR) is 124 cm³/mol. The number of benzene rings is 1. The number of aromatic nitrogens is 2. The summed E-state index contributed by atoms with van der Waals surface area (Å²) in [4.78, 5) is 19.3. The largest absolute Gasteiger partial charge is 0.465 e. The van der Waals surface area contributed by atoms with Crippen LogP contribution in [0.5, 0.6) is 0 Å². The SMILES string of the molecule is CCCCN1C(=S)N[C@H](c2ccccn2)[C@H]1c1cccn1-c1ccccc1C(=O)OC. The second-order valence-electron chi connectivity index (χ2n) is 7.49. The Morgan fingerprint density at radius 1 is 1.16 bits per heavy atom. The van der Waals surface area contributed by atoms with Gasteiger partial charge in [-0.3, -0.25) is 4.98 Å². The minimum absolute atomic E-state index is 0.0605. The molecule has 2 aromatic heterocycles. The summed E-state index contributed by atoms with van der Waals surface area (Å²) in [5.74, 6) is -0.362. The summed E-state index contributed by atoms with van der Waals surface area (Å²) in [6.45, 7) is 3.02. The van der Waals surface area contributed by atoms with E-state index in [0.717, 1.165) is 41.6 Å². The molecule has 160 valence electrons. The molecule has 0 aliphatic carbocycles. The highest BCUT2D eigenvalue weighted by Gasteiger charge is 2.41. The van der Waals surface area contributed by atoms with Crippen LogP contribution in [0, 0.1) is 0 Å². The van der Waals surface area contributed by atoms with Crippen LogP contribution >= 0.6 is 12.2 Å². The lowest BCUT2D eigenvalue weighted by atomic mass is 10.0. The number of thiocarbonyl (C=S) groups is 1. The van der Waals surface area contributed by atoms with Gasteiger partial charge in [0.25, 0.3) is 0 Å². The molecule has 0 saturated carbocycles. The first-order valence-corrected chi connectivity index (χ1v) is 10.9. The van der Waals surface area contributed by atoms with Crippen molar-refractivity contribution < 1.29 is 9.53 Å². The zero-order valence-corrected chi connectivity index (χ0v) is 18.5. The van der Waals surface area contributed by atoms with E-state index in [1.54, 1.807) is 12.3 Å². The van der Waals surface area contributed by atoms with Gasteiger partial charge >= 0.3 is 5.97 Å². The number of hydrogen-bond acceptors (Lipinski definition) is 4. The first kappa shape index (κ1) is 21.1. The van der Waals surface area contributed by atoms with E-state index in [0.29, 0.717) is 5.56 Å². The Labute approximate surface area is 187 Å². The average molecular weight is 435 g/mol. The van der Waals surface area contributed by atoms with E-state index in [1.807, 2.05) is 48.7 Å². The molecule has 1 N–H and O–H groups in total. The molecule has 6 nitrogen and oxygen atoms in total. The number of rotatable bonds is 7. The van der Waals surface area contributed by atoms with Crippen LogP contribution in [-0.2, 0) is 4.74 Å². The van der Waals surface area contributed by atoms with Crippen LogP contribution < -0.4 is 5.32 Å². The number of methoxy groups -OCH3 is 1. The number of para-hydroxylation sites is 1. The van der Waals surface area contributed by atoms with Crippen molar-refractivity contribution in [2.75, 3.05) is 13.7 Å². The van der Waals surface area contributed by atoms with E-state index in [-0.39, 0.29) is 18.1 Å². The number of carbonyl (C=O) groups excluding carboxylic acids is 1. The van der Waals surface area contributed by atoms with Crippen molar-refractivity contribution in [3.05, 3.63) is 83.9 Å². The third-order valence-electron chi connectivity index (χ3n) is 5.60. The van der Waals surface area contributed by atoms with E-state index >= 15 is 0 Å². The van der Waals surface area contributed by atoms with Gasteiger partial charge in [-0.2, -0.15) is 0 Å². The van der Waals surface area contributed by atoms with Gasteiger partial charge in [0.1, 0.15) is 0 Å². The van der Waals surface area contributed by atoms with Crippen molar-refractivity contribution >= 4 is 23.3 Å². The van der Waals surface area contributed by atoms with Crippen molar-refractivity contribution in [2.45, 2.75) is 31.8 Å². The van der Waals surface area contributed by atoms with Crippen LogP contribution in [0.25, 0.3) is 5.69 Å². The van der Waals surface area contributed by atoms with E-state index < -0.39 is 0 Å². The summed E-state index contributed by atoms with van der Waals surface area (Å²) in [6, 6.07) is 17.3. The standard InChI is InChI=1S/C24H26N4O2S/c1-3-4-15-28-22(21(26-24(28)31)18-11-7-8-14-25-18)20-13-9-16-27(20)19-12-6-5-10-17(19)23(29)30-2/h5-14,16,21-22H,3-4,15H2,1-2H3,(H,26,31)/t21-,22-/m1/s1. The molecule has 7 heteroatoms. The van der Waals surface area contributed by atoms with Gasteiger partial charge in [-0.1, -0.05) is 31.5 Å². The number of nitrogens with one attached hydrogen (secondary N) is 1. The molecule has 0 unspecified atom stereocenters. The number of nitrogens with zero attached hydrogens (tertiary/aromatic N) is 3. The first-order valence-electron chi connectivity index (χ1n) is 10.5. The number of carbonyl (C=O) groups is 1. The second-order valence-corrected chi connectivity index (χ2v) is 7.87. The zero-order valence-electron chi connectivity index (χ0n) is 17.7. The number of pyridine rings is 1. The van der Waals surface area contributed by atoms with Gasteiger partial charge in [0.15, 0.2) is 5.11 Å². The van der Waals surface area contributed by atoms with Crippen molar-refractivity contribution in [1.29, 1.82) is 0 Å². The molecule has 1 saturated heterocycles. The maximum atomic E-state index is 12.4. The maximum absolute atomic E-state index is 12.4. The Bertz CT molecular complexity index is 1070. The fraction of sp³-hybridized carbons (Fsp3) is 0.292. The van der Waals surface area contributed by atoms with E-state index in [2.05, 4.69) is 32.8 Å². The Morgan fingerprint density at radius 2 is 1.97 bits per heavy atom. The van der Waals surface area contributed by atoms with E-state index in [1.165, 1.54) is 7.11 Å². The maximum Gasteiger partial charge on any atom is 0.339 e. The monoisotopic (exact) mass is 434 g/mol. The molecule has 3 aromatic rings. The molecular formula is C24H26N4O2S. The van der Waals surface area contributed by atoms with Gasteiger partial charge in [0.05, 0.1) is 36.1 Å². The number of ether oxygens (including phenoxy) is 1. The van der Waals surface area contributed by atoms with Crippen LogP contribution in [0.2, 0.25) is 0 Å². The molecule has 3 heterocycles. The minimum Gasteiger partial charge on any atom is -0.465 e. The summed E-state index contributed by atoms with van der Waals surface area (Å²) in [6.07, 6.45) is 5.89. The van der Waals surface area contributed by atoms with Gasteiger partial charge in [0, 0.05) is 24.6 Å². The normalized spacial score (nSPS) is 18.1. The molecule has 2 atom stereocenters. The first-order chi connectivity index (χ1) is 15.2. The van der Waals surface area contributed by atoms with Crippen LogP contribution in [0.4, 0.5) is 0 Å². The van der Waals surface area contributed by atoms with Gasteiger partial charge in [-0.05, 0) is 55.0 Å². The van der Waals surface area contributed by atoms with Crippen molar-refractivity contribution in [1.82, 2.24) is 19.8 Å². The molecule has 4 rings (SSSR count). The molecule has 1 aliphatic heterocycles. The predicted octanol–water partition coefficient (Wildman–Crippen LogP) is 4.43. The summed E-state index contributed by atoms with van der Waals surface area (Å²) in [7, 11) is 1.40.